The minimum absolute atomic E-state index is 0.177. The Hall–Kier alpha value is 3.10. The van der Waals surface area contributed by atoms with Crippen LogP contribution in [0, 0.1) is 0 Å². The third kappa shape index (κ3) is 2.52. The molecule has 1 aromatic rings. The minimum Gasteiger partial charge on any atom is -0.110 e. The van der Waals surface area contributed by atoms with Crippen LogP contribution in [0.25, 0.3) is 0 Å². The first-order valence-corrected chi connectivity index (χ1v) is 12.4. The highest BCUT2D eigenvalue weighted by Crippen LogP contribution is 2.77. The van der Waals surface area contributed by atoms with Gasteiger partial charge in [-0.05, 0) is 91.6 Å². The molecular weight excluding hydrogens is 768 g/mol. The third-order valence-electron chi connectivity index (χ3n) is 4.37. The van der Waals surface area contributed by atoms with E-state index in [1.807, 2.05) is 0 Å². The van der Waals surface area contributed by atoms with Gasteiger partial charge >= 0.3 is 0 Å². The van der Waals surface area contributed by atoms with Gasteiger partial charge in [0.05, 0.1) is 10.1 Å². The molecule has 2 aliphatic rings. The number of allylic oxidation sites excluding steroid dienone is 2. The van der Waals surface area contributed by atoms with Crippen molar-refractivity contribution >= 4 is 149 Å². The van der Waals surface area contributed by atoms with Crippen molar-refractivity contribution in [3.05, 3.63) is 38.0 Å². The molecule has 0 radical (unpaired) electrons. The molecule has 24 heavy (non-hydrogen) atoms. The summed E-state index contributed by atoms with van der Waals surface area (Å²) in [6.45, 7) is 0. The Morgan fingerprint density at radius 2 is 1.12 bits per heavy atom. The lowest BCUT2D eigenvalue weighted by Crippen LogP contribution is -2.43. The highest BCUT2D eigenvalue weighted by Gasteiger charge is 2.78. The van der Waals surface area contributed by atoms with Gasteiger partial charge in [0.15, 0.2) is 4.33 Å². The smallest absolute Gasteiger partial charge is 0.110 e. The van der Waals surface area contributed by atoms with E-state index in [2.05, 4.69) is 79.6 Å². The van der Waals surface area contributed by atoms with Crippen LogP contribution in [-0.4, -0.2) is 14.1 Å². The molecule has 2 bridgehead atoms. The second-order valence-corrected chi connectivity index (χ2v) is 12.7. The predicted octanol–water partition coefficient (Wildman–Crippen LogP) is 9.82. The molecule has 132 valence electrons. The molecule has 0 saturated heterocycles. The van der Waals surface area contributed by atoms with Crippen LogP contribution in [0.5, 0.6) is 0 Å². The Morgan fingerprint density at radius 3 is 1.50 bits per heavy atom. The van der Waals surface area contributed by atoms with Crippen LogP contribution in [0.1, 0.15) is 17.9 Å². The van der Waals surface area contributed by atoms with E-state index < -0.39 is 14.1 Å². The van der Waals surface area contributed by atoms with Crippen molar-refractivity contribution in [2.24, 2.45) is 0 Å². The summed E-state index contributed by atoms with van der Waals surface area (Å²) in [5.74, 6) is -0.383. The van der Waals surface area contributed by atoms with Gasteiger partial charge in [-0.3, -0.25) is 0 Å². The van der Waals surface area contributed by atoms with Crippen molar-refractivity contribution in [2.75, 3.05) is 0 Å². The van der Waals surface area contributed by atoms with E-state index in [9.17, 15) is 0 Å². The molecule has 0 amide bonds. The summed E-state index contributed by atoms with van der Waals surface area (Å²) in [7, 11) is 0. The van der Waals surface area contributed by atoms with Crippen molar-refractivity contribution < 1.29 is 0 Å². The number of halogens is 11. The van der Waals surface area contributed by atoms with Crippen LogP contribution in [0.4, 0.5) is 0 Å². The molecule has 1 aromatic carbocycles. The van der Waals surface area contributed by atoms with Gasteiger partial charge in [0, 0.05) is 28.3 Å². The zero-order chi connectivity index (χ0) is 18.4. The molecule has 0 N–H and O–H groups in total. The highest BCUT2D eigenvalue weighted by molar-refractivity contribution is 9.15. The standard InChI is InChI=1S/C13H3Br5Cl6/c14-4-3(5(15)7(17)8(18)6(4)16)2-1-11(21)9(19)10(20)12(2,22)13(11,23)24/h2H,1H2. The van der Waals surface area contributed by atoms with Crippen LogP contribution in [0.3, 0.4) is 0 Å². The first-order chi connectivity index (χ1) is 10.8. The minimum atomic E-state index is -1.56. The van der Waals surface area contributed by atoms with E-state index in [1.165, 1.54) is 0 Å². The number of benzene rings is 1. The average molecular weight is 771 g/mol. The molecule has 1 saturated carbocycles. The van der Waals surface area contributed by atoms with Gasteiger partial charge in [-0.25, -0.2) is 0 Å². The summed E-state index contributed by atoms with van der Waals surface area (Å²) in [5, 5.41) is 0.376. The molecule has 3 rings (SSSR count). The van der Waals surface area contributed by atoms with Crippen molar-refractivity contribution in [1.29, 1.82) is 0 Å². The van der Waals surface area contributed by atoms with Crippen LogP contribution in [0.15, 0.2) is 32.4 Å². The SMILES string of the molecule is ClC1=C(Cl)C2(Cl)C(c3c(Br)c(Br)c(Br)c(Br)c3Br)CC1(Cl)C2(Cl)Cl. The van der Waals surface area contributed by atoms with Crippen LogP contribution < -0.4 is 0 Å². The Kier molecular flexibility index (Phi) is 6.20. The molecule has 0 nitrogen and oxygen atoms in total. The third-order valence-corrected chi connectivity index (χ3v) is 14.8. The predicted molar refractivity (Wildman–Crippen MR) is 123 cm³/mol. The van der Waals surface area contributed by atoms with E-state index in [-0.39, 0.29) is 16.0 Å². The molecule has 3 atom stereocenters. The van der Waals surface area contributed by atoms with E-state index >= 15 is 0 Å². The quantitative estimate of drug-likeness (QED) is 0.152. The van der Waals surface area contributed by atoms with Crippen molar-refractivity contribution in [3.63, 3.8) is 0 Å². The number of hydrogen-bond donors (Lipinski definition) is 0. The maximum Gasteiger partial charge on any atom is 0.166 e. The van der Waals surface area contributed by atoms with Gasteiger partial charge in [-0.15, -0.1) is 23.2 Å². The summed E-state index contributed by atoms with van der Waals surface area (Å²) in [6.07, 6.45) is 0.331. The zero-order valence-corrected chi connectivity index (χ0v) is 23.4. The van der Waals surface area contributed by atoms with Gasteiger partial charge in [0.1, 0.15) is 9.75 Å². The fraction of sp³-hybridized carbons (Fsp3) is 0.385. The Morgan fingerprint density at radius 1 is 0.708 bits per heavy atom. The normalized spacial score (nSPS) is 34.4. The number of alkyl halides is 4. The molecule has 0 spiro atoms. The Balaban J connectivity index is 2.33. The van der Waals surface area contributed by atoms with Gasteiger partial charge in [-0.2, -0.15) is 0 Å². The Labute approximate surface area is 210 Å². The van der Waals surface area contributed by atoms with E-state index in [4.69, 9.17) is 69.6 Å². The molecule has 1 fully saturated rings. The summed E-state index contributed by atoms with van der Waals surface area (Å²) < 4.78 is 2.45. The molecule has 11 heteroatoms. The Bertz CT molecular complexity index is 780. The summed E-state index contributed by atoms with van der Waals surface area (Å²) in [5.41, 5.74) is 0.836. The lowest BCUT2D eigenvalue weighted by Gasteiger charge is -2.35. The van der Waals surface area contributed by atoms with Gasteiger partial charge in [0.25, 0.3) is 0 Å². The molecule has 2 aliphatic carbocycles. The van der Waals surface area contributed by atoms with Gasteiger partial charge in [0.2, 0.25) is 0 Å². The molecule has 0 aromatic heterocycles. The van der Waals surface area contributed by atoms with E-state index in [0.717, 1.165) is 27.9 Å². The summed E-state index contributed by atoms with van der Waals surface area (Å²) in [4.78, 5) is -2.61. The van der Waals surface area contributed by atoms with Crippen molar-refractivity contribution in [2.45, 2.75) is 26.4 Å². The van der Waals surface area contributed by atoms with E-state index in [1.54, 1.807) is 0 Å². The molecule has 0 aliphatic heterocycles. The maximum absolute atomic E-state index is 6.91. The zero-order valence-electron chi connectivity index (χ0n) is 10.9. The first-order valence-electron chi connectivity index (χ1n) is 6.17. The first kappa shape index (κ1) is 21.8. The fourth-order valence-electron chi connectivity index (χ4n) is 3.14. The monoisotopic (exact) mass is 763 g/mol. The average Bonchev–Trinajstić information content (AvgIpc) is 2.74. The highest BCUT2D eigenvalue weighted by atomic mass is 79.9. The maximum atomic E-state index is 6.91. The van der Waals surface area contributed by atoms with Crippen LogP contribution in [-0.2, 0) is 0 Å². The molecule has 3 unspecified atom stereocenters. The van der Waals surface area contributed by atoms with Crippen molar-refractivity contribution in [1.82, 2.24) is 0 Å². The van der Waals surface area contributed by atoms with E-state index in [0.29, 0.717) is 6.42 Å². The van der Waals surface area contributed by atoms with Gasteiger partial charge < -0.3 is 0 Å². The number of rotatable bonds is 1. The lowest BCUT2D eigenvalue weighted by molar-refractivity contribution is 0.596. The van der Waals surface area contributed by atoms with Crippen molar-refractivity contribution in [3.8, 4) is 0 Å². The van der Waals surface area contributed by atoms with Gasteiger partial charge in [-0.1, -0.05) is 46.4 Å². The molecule has 0 heterocycles. The number of fused-ring (bicyclic) bond motifs is 2. The summed E-state index contributed by atoms with van der Waals surface area (Å²) in [6, 6.07) is 0. The van der Waals surface area contributed by atoms with Crippen LogP contribution in [0.2, 0.25) is 0 Å². The summed E-state index contributed by atoms with van der Waals surface area (Å²) >= 11 is 57.3. The second kappa shape index (κ2) is 6.82. The lowest BCUT2D eigenvalue weighted by atomic mass is 9.85. The molecular formula is C13H3Br5Cl6. The number of hydrogen-bond acceptors (Lipinski definition) is 0. The largest absolute Gasteiger partial charge is 0.166 e. The topological polar surface area (TPSA) is 0 Å². The fourth-order valence-corrected chi connectivity index (χ4v) is 9.54. The van der Waals surface area contributed by atoms with Crippen LogP contribution >= 0.6 is 149 Å². The second-order valence-electron chi connectivity index (χ2n) is 5.46.